The van der Waals surface area contributed by atoms with E-state index >= 15 is 0 Å². The molecule has 0 spiro atoms. The van der Waals surface area contributed by atoms with E-state index in [1.165, 1.54) is 43.5 Å². The molecule has 144 valence electrons. The predicted octanol–water partition coefficient (Wildman–Crippen LogP) is 3.97. The van der Waals surface area contributed by atoms with Gasteiger partial charge in [0.2, 0.25) is 0 Å². The molecule has 27 heavy (non-hydrogen) atoms. The van der Waals surface area contributed by atoms with E-state index in [1.807, 2.05) is 29.4 Å². The van der Waals surface area contributed by atoms with E-state index in [-0.39, 0.29) is 5.91 Å². The van der Waals surface area contributed by atoms with Gasteiger partial charge in [-0.15, -0.1) is 0 Å². The zero-order valence-electron chi connectivity index (χ0n) is 16.5. The molecule has 0 unspecified atom stereocenters. The second kappa shape index (κ2) is 7.75. The normalized spacial score (nSPS) is 18.7. The van der Waals surface area contributed by atoms with Crippen LogP contribution in [-0.4, -0.2) is 46.5 Å². The maximum Gasteiger partial charge on any atom is 0.255 e. The number of aryl methyl sites for hydroxylation is 1. The standard InChI is InChI=1S/C22H30N4O/c1-17-16-21(18(2)26(17)20-6-4-3-5-7-20)22(27)25-14-12-24(13-15-25)19-8-10-23-11-9-19/h8-11,16,20H,3-7,12-15H2,1-2H3. The molecule has 2 aromatic heterocycles. The van der Waals surface area contributed by atoms with E-state index in [4.69, 9.17) is 0 Å². The van der Waals surface area contributed by atoms with Crippen molar-refractivity contribution < 1.29 is 4.79 Å². The van der Waals surface area contributed by atoms with Gasteiger partial charge in [0, 0.05) is 61.7 Å². The summed E-state index contributed by atoms with van der Waals surface area (Å²) in [6, 6.07) is 6.76. The third-order valence-corrected chi connectivity index (χ3v) is 6.25. The van der Waals surface area contributed by atoms with Gasteiger partial charge in [-0.25, -0.2) is 0 Å². The highest BCUT2D eigenvalue weighted by Gasteiger charge is 2.27. The average molecular weight is 367 g/mol. The topological polar surface area (TPSA) is 41.4 Å². The van der Waals surface area contributed by atoms with Crippen LogP contribution in [0.1, 0.15) is 59.9 Å². The monoisotopic (exact) mass is 366 g/mol. The fourth-order valence-corrected chi connectivity index (χ4v) is 4.79. The van der Waals surface area contributed by atoms with Crippen molar-refractivity contribution in [1.82, 2.24) is 14.5 Å². The van der Waals surface area contributed by atoms with Crippen LogP contribution in [0.4, 0.5) is 5.69 Å². The van der Waals surface area contributed by atoms with Gasteiger partial charge in [0.05, 0.1) is 5.56 Å². The van der Waals surface area contributed by atoms with E-state index in [0.717, 1.165) is 37.4 Å². The summed E-state index contributed by atoms with van der Waals surface area (Å²) in [5.41, 5.74) is 4.47. The molecule has 1 amide bonds. The fourth-order valence-electron chi connectivity index (χ4n) is 4.79. The number of hydrogen-bond donors (Lipinski definition) is 0. The molecule has 0 bridgehead atoms. The molecule has 3 heterocycles. The van der Waals surface area contributed by atoms with Crippen molar-refractivity contribution in [3.8, 4) is 0 Å². The summed E-state index contributed by atoms with van der Waals surface area (Å²) in [4.78, 5) is 21.6. The number of aromatic nitrogens is 2. The van der Waals surface area contributed by atoms with E-state index in [2.05, 4.69) is 34.4 Å². The molecule has 4 rings (SSSR count). The molecule has 0 aromatic carbocycles. The maximum absolute atomic E-state index is 13.2. The SMILES string of the molecule is Cc1cc(C(=O)N2CCN(c3ccncc3)CC2)c(C)n1C1CCCCC1. The van der Waals surface area contributed by atoms with Crippen molar-refractivity contribution >= 4 is 11.6 Å². The fraction of sp³-hybridized carbons (Fsp3) is 0.545. The van der Waals surface area contributed by atoms with Crippen molar-refractivity contribution in [2.45, 2.75) is 52.0 Å². The Balaban J connectivity index is 1.46. The van der Waals surface area contributed by atoms with Gasteiger partial charge < -0.3 is 14.4 Å². The highest BCUT2D eigenvalue weighted by atomic mass is 16.2. The minimum absolute atomic E-state index is 0.194. The largest absolute Gasteiger partial charge is 0.368 e. The van der Waals surface area contributed by atoms with Crippen molar-refractivity contribution in [2.75, 3.05) is 31.1 Å². The summed E-state index contributed by atoms with van der Waals surface area (Å²) in [5.74, 6) is 0.194. The van der Waals surface area contributed by atoms with Gasteiger partial charge >= 0.3 is 0 Å². The van der Waals surface area contributed by atoms with E-state index < -0.39 is 0 Å². The Bertz CT molecular complexity index is 784. The highest BCUT2D eigenvalue weighted by molar-refractivity contribution is 5.96. The molecule has 2 aromatic rings. The Labute approximate surface area is 162 Å². The highest BCUT2D eigenvalue weighted by Crippen LogP contribution is 2.32. The number of pyridine rings is 1. The summed E-state index contributed by atoms with van der Waals surface area (Å²) in [6.07, 6.45) is 10.1. The molecule has 2 aliphatic rings. The second-order valence-corrected chi connectivity index (χ2v) is 7.93. The lowest BCUT2D eigenvalue weighted by Crippen LogP contribution is -2.48. The van der Waals surface area contributed by atoms with Crippen LogP contribution in [0.25, 0.3) is 0 Å². The molecule has 1 aliphatic heterocycles. The third-order valence-electron chi connectivity index (χ3n) is 6.25. The first-order valence-electron chi connectivity index (χ1n) is 10.3. The zero-order valence-corrected chi connectivity index (χ0v) is 16.5. The molecule has 2 fully saturated rings. The van der Waals surface area contributed by atoms with Gasteiger partial charge in [0.1, 0.15) is 0 Å². The third kappa shape index (κ3) is 3.60. The molecule has 1 aliphatic carbocycles. The summed E-state index contributed by atoms with van der Waals surface area (Å²) < 4.78 is 2.43. The van der Waals surface area contributed by atoms with Gasteiger partial charge in [-0.1, -0.05) is 19.3 Å². The van der Waals surface area contributed by atoms with E-state index in [9.17, 15) is 4.79 Å². The van der Waals surface area contributed by atoms with Gasteiger partial charge in [-0.2, -0.15) is 0 Å². The summed E-state index contributed by atoms with van der Waals surface area (Å²) in [7, 11) is 0. The number of carbonyl (C=O) groups excluding carboxylic acids is 1. The molecule has 1 saturated heterocycles. The molecule has 0 radical (unpaired) electrons. The van der Waals surface area contributed by atoms with Crippen LogP contribution < -0.4 is 4.90 Å². The number of hydrogen-bond acceptors (Lipinski definition) is 3. The Morgan fingerprint density at radius 2 is 1.67 bits per heavy atom. The maximum atomic E-state index is 13.2. The Morgan fingerprint density at radius 3 is 2.33 bits per heavy atom. The number of carbonyl (C=O) groups is 1. The number of rotatable bonds is 3. The van der Waals surface area contributed by atoms with Crippen molar-refractivity contribution in [2.24, 2.45) is 0 Å². The minimum Gasteiger partial charge on any atom is -0.368 e. The second-order valence-electron chi connectivity index (χ2n) is 7.93. The molecule has 0 N–H and O–H groups in total. The van der Waals surface area contributed by atoms with Crippen LogP contribution >= 0.6 is 0 Å². The van der Waals surface area contributed by atoms with Crippen LogP contribution in [0.2, 0.25) is 0 Å². The van der Waals surface area contributed by atoms with Crippen LogP contribution in [0.5, 0.6) is 0 Å². The van der Waals surface area contributed by atoms with Crippen LogP contribution in [0, 0.1) is 13.8 Å². The average Bonchev–Trinajstić information content (AvgIpc) is 3.03. The predicted molar refractivity (Wildman–Crippen MR) is 108 cm³/mol. The smallest absolute Gasteiger partial charge is 0.255 e. The lowest BCUT2D eigenvalue weighted by atomic mass is 9.95. The van der Waals surface area contributed by atoms with Crippen LogP contribution in [0.3, 0.4) is 0 Å². The van der Waals surface area contributed by atoms with Crippen molar-refractivity contribution in [3.05, 3.63) is 47.5 Å². The Morgan fingerprint density at radius 1 is 1.00 bits per heavy atom. The van der Waals surface area contributed by atoms with Gasteiger partial charge in [-0.05, 0) is 44.9 Å². The number of nitrogens with zero attached hydrogens (tertiary/aromatic N) is 4. The molecular weight excluding hydrogens is 336 g/mol. The first-order chi connectivity index (χ1) is 13.1. The first kappa shape index (κ1) is 18.1. The summed E-state index contributed by atoms with van der Waals surface area (Å²) >= 11 is 0. The van der Waals surface area contributed by atoms with Crippen LogP contribution in [0.15, 0.2) is 30.6 Å². The van der Waals surface area contributed by atoms with E-state index in [0.29, 0.717) is 6.04 Å². The summed E-state index contributed by atoms with van der Waals surface area (Å²) in [5, 5.41) is 0. The summed E-state index contributed by atoms with van der Waals surface area (Å²) in [6.45, 7) is 7.57. The Kier molecular flexibility index (Phi) is 5.19. The van der Waals surface area contributed by atoms with Crippen molar-refractivity contribution in [3.63, 3.8) is 0 Å². The number of piperazine rings is 1. The Hall–Kier alpha value is -2.30. The van der Waals surface area contributed by atoms with Crippen LogP contribution in [-0.2, 0) is 0 Å². The van der Waals surface area contributed by atoms with Gasteiger partial charge in [-0.3, -0.25) is 9.78 Å². The molecule has 1 saturated carbocycles. The number of anilines is 1. The van der Waals surface area contributed by atoms with Gasteiger partial charge in [0.15, 0.2) is 0 Å². The lowest BCUT2D eigenvalue weighted by molar-refractivity contribution is 0.0745. The lowest BCUT2D eigenvalue weighted by Gasteiger charge is -2.36. The molecule has 0 atom stereocenters. The zero-order chi connectivity index (χ0) is 18.8. The first-order valence-corrected chi connectivity index (χ1v) is 10.3. The molecule has 5 nitrogen and oxygen atoms in total. The van der Waals surface area contributed by atoms with Crippen molar-refractivity contribution in [1.29, 1.82) is 0 Å². The number of amides is 1. The van der Waals surface area contributed by atoms with Gasteiger partial charge in [0.25, 0.3) is 5.91 Å². The quantitative estimate of drug-likeness (QED) is 0.825. The van der Waals surface area contributed by atoms with E-state index in [1.54, 1.807) is 0 Å². The molecule has 5 heteroatoms. The molecular formula is C22H30N4O. The minimum atomic E-state index is 0.194.